The number of hydrogen-bond acceptors (Lipinski definition) is 3. The Bertz CT molecular complexity index is 867. The molecule has 0 spiro atoms. The van der Waals surface area contributed by atoms with Crippen LogP contribution in [0.2, 0.25) is 0 Å². The Labute approximate surface area is 143 Å². The second-order valence-electron chi connectivity index (χ2n) is 6.48. The van der Waals surface area contributed by atoms with Crippen molar-refractivity contribution in [2.24, 2.45) is 0 Å². The quantitative estimate of drug-likeness (QED) is 0.734. The van der Waals surface area contributed by atoms with E-state index in [1.165, 1.54) is 33.3 Å². The lowest BCUT2D eigenvalue weighted by atomic mass is 10.0. The Morgan fingerprint density at radius 3 is 2.71 bits per heavy atom. The molecule has 0 aliphatic heterocycles. The van der Waals surface area contributed by atoms with Crippen molar-refractivity contribution in [3.05, 3.63) is 58.5 Å². The van der Waals surface area contributed by atoms with Gasteiger partial charge in [-0.3, -0.25) is 4.98 Å². The number of aromatic nitrogens is 2. The van der Waals surface area contributed by atoms with Gasteiger partial charge in [-0.1, -0.05) is 11.6 Å². The summed E-state index contributed by atoms with van der Waals surface area (Å²) in [6.45, 7) is 9.41. The minimum absolute atomic E-state index is 0.195. The molecule has 0 aliphatic rings. The number of benzene rings is 1. The van der Waals surface area contributed by atoms with Gasteiger partial charge in [0.2, 0.25) is 0 Å². The van der Waals surface area contributed by atoms with E-state index in [2.05, 4.69) is 55.1 Å². The zero-order valence-corrected chi connectivity index (χ0v) is 15.0. The summed E-state index contributed by atoms with van der Waals surface area (Å²) < 4.78 is 5.26. The highest BCUT2D eigenvalue weighted by atomic mass is 16.5. The molecule has 4 nitrogen and oxygen atoms in total. The summed E-state index contributed by atoms with van der Waals surface area (Å²) in [6.07, 6.45) is 3.61. The molecular formula is C20H25N3O. The lowest BCUT2D eigenvalue weighted by Gasteiger charge is -2.15. The summed E-state index contributed by atoms with van der Waals surface area (Å²) in [5, 5.41) is 4.92. The van der Waals surface area contributed by atoms with E-state index in [4.69, 9.17) is 4.74 Å². The fourth-order valence-corrected chi connectivity index (χ4v) is 3.09. The van der Waals surface area contributed by atoms with Crippen LogP contribution in [0, 0.1) is 20.8 Å². The van der Waals surface area contributed by atoms with Crippen molar-refractivity contribution in [2.75, 3.05) is 7.11 Å². The van der Waals surface area contributed by atoms with Gasteiger partial charge in [-0.15, -0.1) is 0 Å². The monoisotopic (exact) mass is 323 g/mol. The number of aryl methyl sites for hydroxylation is 3. The molecule has 0 saturated heterocycles. The van der Waals surface area contributed by atoms with Gasteiger partial charge in [-0.25, -0.2) is 0 Å². The number of hydrogen-bond donors (Lipinski definition) is 2. The van der Waals surface area contributed by atoms with Crippen LogP contribution in [-0.4, -0.2) is 17.1 Å². The molecule has 3 aromatic rings. The van der Waals surface area contributed by atoms with Gasteiger partial charge in [0.05, 0.1) is 18.8 Å². The third-order valence-electron chi connectivity index (χ3n) is 4.71. The Balaban J connectivity index is 1.83. The van der Waals surface area contributed by atoms with Crippen molar-refractivity contribution in [1.29, 1.82) is 0 Å². The van der Waals surface area contributed by atoms with E-state index in [1.807, 2.05) is 12.3 Å². The maximum Gasteiger partial charge on any atom is 0.137 e. The molecule has 0 saturated carbocycles. The van der Waals surface area contributed by atoms with Crippen molar-refractivity contribution in [1.82, 2.24) is 15.3 Å². The fraction of sp³-hybridized carbons (Fsp3) is 0.350. The van der Waals surface area contributed by atoms with Crippen LogP contribution in [0.1, 0.15) is 40.9 Å². The summed E-state index contributed by atoms with van der Waals surface area (Å²) >= 11 is 0. The molecule has 0 amide bonds. The van der Waals surface area contributed by atoms with E-state index in [9.17, 15) is 0 Å². The van der Waals surface area contributed by atoms with Gasteiger partial charge in [-0.2, -0.15) is 0 Å². The molecule has 24 heavy (non-hydrogen) atoms. The summed E-state index contributed by atoms with van der Waals surface area (Å²) in [7, 11) is 1.66. The van der Waals surface area contributed by atoms with Gasteiger partial charge in [0, 0.05) is 29.9 Å². The molecule has 1 aromatic carbocycles. The number of methoxy groups -OCH3 is 1. The number of pyridine rings is 1. The Morgan fingerprint density at radius 1 is 1.17 bits per heavy atom. The Hall–Kier alpha value is -2.33. The van der Waals surface area contributed by atoms with E-state index in [0.29, 0.717) is 0 Å². The molecule has 0 bridgehead atoms. The molecule has 1 unspecified atom stereocenters. The van der Waals surface area contributed by atoms with Crippen molar-refractivity contribution < 1.29 is 4.74 Å². The first-order valence-electron chi connectivity index (χ1n) is 8.30. The molecule has 2 N–H and O–H groups in total. The standard InChI is InChI=1S/C20H25N3O/c1-12-6-17(20-19(7-12)13(2)14(3)23-20)10-22-15(4)16-8-18(24-5)11-21-9-16/h6-9,11,15,22-23H,10H2,1-5H3. The van der Waals surface area contributed by atoms with Crippen LogP contribution in [0.15, 0.2) is 30.6 Å². The summed E-state index contributed by atoms with van der Waals surface area (Å²) in [6, 6.07) is 6.73. The summed E-state index contributed by atoms with van der Waals surface area (Å²) in [5.41, 5.74) is 7.51. The normalized spacial score (nSPS) is 12.5. The van der Waals surface area contributed by atoms with E-state index < -0.39 is 0 Å². The molecule has 0 fully saturated rings. The van der Waals surface area contributed by atoms with Gasteiger partial charge in [-0.05, 0) is 56.5 Å². The molecule has 2 aromatic heterocycles. The highest BCUT2D eigenvalue weighted by Crippen LogP contribution is 2.26. The zero-order chi connectivity index (χ0) is 17.3. The Morgan fingerprint density at radius 2 is 1.96 bits per heavy atom. The van der Waals surface area contributed by atoms with Crippen LogP contribution < -0.4 is 10.1 Å². The van der Waals surface area contributed by atoms with E-state index in [0.717, 1.165) is 17.9 Å². The first-order valence-corrected chi connectivity index (χ1v) is 8.30. The van der Waals surface area contributed by atoms with Crippen LogP contribution in [0.3, 0.4) is 0 Å². The molecule has 0 radical (unpaired) electrons. The summed E-state index contributed by atoms with van der Waals surface area (Å²) in [4.78, 5) is 7.77. The predicted octanol–water partition coefficient (Wildman–Crippen LogP) is 4.35. The average Bonchev–Trinajstić information content (AvgIpc) is 2.87. The number of ether oxygens (including phenoxy) is 1. The van der Waals surface area contributed by atoms with Crippen molar-refractivity contribution in [3.8, 4) is 5.75 Å². The summed E-state index contributed by atoms with van der Waals surface area (Å²) in [5.74, 6) is 0.787. The lowest BCUT2D eigenvalue weighted by molar-refractivity contribution is 0.411. The van der Waals surface area contributed by atoms with Gasteiger partial charge < -0.3 is 15.0 Å². The third-order valence-corrected chi connectivity index (χ3v) is 4.71. The van der Waals surface area contributed by atoms with E-state index in [1.54, 1.807) is 13.3 Å². The number of nitrogens with one attached hydrogen (secondary N) is 2. The van der Waals surface area contributed by atoms with Crippen molar-refractivity contribution in [3.63, 3.8) is 0 Å². The topological polar surface area (TPSA) is 49.9 Å². The molecule has 4 heteroatoms. The number of nitrogens with zero attached hydrogens (tertiary/aromatic N) is 1. The zero-order valence-electron chi connectivity index (χ0n) is 15.0. The smallest absolute Gasteiger partial charge is 0.137 e. The van der Waals surface area contributed by atoms with Gasteiger partial charge in [0.1, 0.15) is 5.75 Å². The lowest BCUT2D eigenvalue weighted by Crippen LogP contribution is -2.18. The number of rotatable bonds is 5. The first kappa shape index (κ1) is 16.5. The first-order chi connectivity index (χ1) is 11.5. The van der Waals surface area contributed by atoms with Gasteiger partial charge in [0.25, 0.3) is 0 Å². The van der Waals surface area contributed by atoms with Crippen LogP contribution in [-0.2, 0) is 6.54 Å². The van der Waals surface area contributed by atoms with Gasteiger partial charge in [0.15, 0.2) is 0 Å². The van der Waals surface area contributed by atoms with Crippen LogP contribution in [0.25, 0.3) is 10.9 Å². The molecule has 2 heterocycles. The molecular weight excluding hydrogens is 298 g/mol. The van der Waals surface area contributed by atoms with E-state index >= 15 is 0 Å². The maximum atomic E-state index is 5.26. The SMILES string of the molecule is COc1cncc(C(C)NCc2cc(C)cc3c(C)c(C)[nH]c23)c1. The average molecular weight is 323 g/mol. The third kappa shape index (κ3) is 3.15. The van der Waals surface area contributed by atoms with Gasteiger partial charge >= 0.3 is 0 Å². The highest BCUT2D eigenvalue weighted by Gasteiger charge is 2.12. The fourth-order valence-electron chi connectivity index (χ4n) is 3.09. The Kier molecular flexibility index (Phi) is 4.58. The highest BCUT2D eigenvalue weighted by molar-refractivity contribution is 5.87. The molecule has 0 aliphatic carbocycles. The molecule has 126 valence electrons. The van der Waals surface area contributed by atoms with Crippen LogP contribution >= 0.6 is 0 Å². The van der Waals surface area contributed by atoms with Crippen LogP contribution in [0.5, 0.6) is 5.75 Å². The van der Waals surface area contributed by atoms with Crippen LogP contribution in [0.4, 0.5) is 0 Å². The second-order valence-corrected chi connectivity index (χ2v) is 6.48. The number of aromatic amines is 1. The minimum Gasteiger partial charge on any atom is -0.495 e. The predicted molar refractivity (Wildman–Crippen MR) is 98.6 cm³/mol. The van der Waals surface area contributed by atoms with Crippen molar-refractivity contribution >= 4 is 10.9 Å². The number of fused-ring (bicyclic) bond motifs is 1. The maximum absolute atomic E-state index is 5.26. The molecule has 1 atom stereocenters. The second kappa shape index (κ2) is 6.65. The largest absolute Gasteiger partial charge is 0.495 e. The van der Waals surface area contributed by atoms with Crippen molar-refractivity contribution in [2.45, 2.75) is 40.3 Å². The molecule has 3 rings (SSSR count). The minimum atomic E-state index is 0.195. The number of H-pyrrole nitrogens is 1. The van der Waals surface area contributed by atoms with E-state index in [-0.39, 0.29) is 6.04 Å².